The first-order valence-electron chi connectivity index (χ1n) is 9.66. The van der Waals surface area contributed by atoms with Crippen molar-refractivity contribution >= 4 is 47.0 Å². The first-order chi connectivity index (χ1) is 13.2. The Kier molecular flexibility index (Phi) is 9.43. The molecule has 1 aliphatic rings. The maximum Gasteiger partial charge on any atom is 0.194 e. The first-order valence-corrected chi connectivity index (χ1v) is 10.5. The van der Waals surface area contributed by atoms with E-state index in [4.69, 9.17) is 4.99 Å². The van der Waals surface area contributed by atoms with Crippen molar-refractivity contribution in [1.82, 2.24) is 15.2 Å². The molecule has 1 N–H and O–H groups in total. The molecule has 1 saturated heterocycles. The van der Waals surface area contributed by atoms with E-state index < -0.39 is 0 Å². The molecule has 1 aromatic heterocycles. The van der Waals surface area contributed by atoms with Crippen molar-refractivity contribution in [2.45, 2.75) is 26.7 Å². The molecule has 0 unspecified atom stereocenters. The molecule has 154 valence electrons. The van der Waals surface area contributed by atoms with Gasteiger partial charge in [-0.05, 0) is 37.6 Å². The molecule has 3 rings (SSSR count). The monoisotopic (exact) mass is 517 g/mol. The van der Waals surface area contributed by atoms with E-state index in [1.54, 1.807) is 11.3 Å². The number of aryl methyl sites for hydroxylation is 1. The van der Waals surface area contributed by atoms with Crippen LogP contribution in [0, 0.1) is 5.82 Å². The van der Waals surface area contributed by atoms with Crippen LogP contribution in [0.15, 0.2) is 34.6 Å². The molecule has 0 atom stereocenters. The molecule has 2 heterocycles. The van der Waals surface area contributed by atoms with Gasteiger partial charge in [-0.2, -0.15) is 0 Å². The number of nitrogens with zero attached hydrogens (tertiary/aromatic N) is 4. The van der Waals surface area contributed by atoms with Gasteiger partial charge in [-0.1, -0.05) is 6.92 Å². The molecule has 0 bridgehead atoms. The highest BCUT2D eigenvalue weighted by Crippen LogP contribution is 2.17. The van der Waals surface area contributed by atoms with Crippen LogP contribution in [-0.2, 0) is 12.8 Å². The summed E-state index contributed by atoms with van der Waals surface area (Å²) in [4.78, 5) is 14.0. The summed E-state index contributed by atoms with van der Waals surface area (Å²) >= 11 is 1.73. The number of aliphatic imine (C=N–C) groups is 1. The fourth-order valence-electron chi connectivity index (χ4n) is 3.16. The Morgan fingerprint density at radius 2 is 1.89 bits per heavy atom. The number of halogens is 2. The van der Waals surface area contributed by atoms with E-state index in [0.717, 1.165) is 69.5 Å². The van der Waals surface area contributed by atoms with Gasteiger partial charge in [0.2, 0.25) is 0 Å². The molecule has 5 nitrogen and oxygen atoms in total. The molecular formula is C20H29FIN5S. The summed E-state index contributed by atoms with van der Waals surface area (Å²) in [6.07, 6.45) is 1.87. The molecule has 0 amide bonds. The smallest absolute Gasteiger partial charge is 0.194 e. The van der Waals surface area contributed by atoms with E-state index in [1.807, 2.05) is 12.1 Å². The van der Waals surface area contributed by atoms with Gasteiger partial charge in [-0.25, -0.2) is 9.37 Å². The van der Waals surface area contributed by atoms with Crippen LogP contribution in [0.4, 0.5) is 10.1 Å². The third kappa shape index (κ3) is 6.30. The summed E-state index contributed by atoms with van der Waals surface area (Å²) in [7, 11) is 0. The summed E-state index contributed by atoms with van der Waals surface area (Å²) in [5.74, 6) is 0.785. The predicted octanol–water partition coefficient (Wildman–Crippen LogP) is 3.79. The zero-order chi connectivity index (χ0) is 19.1. The molecule has 0 radical (unpaired) electrons. The topological polar surface area (TPSA) is 43.8 Å². The number of hydrogen-bond acceptors (Lipinski definition) is 4. The van der Waals surface area contributed by atoms with Gasteiger partial charge in [-0.3, -0.25) is 4.99 Å². The van der Waals surface area contributed by atoms with Crippen LogP contribution in [0.3, 0.4) is 0 Å². The summed E-state index contributed by atoms with van der Waals surface area (Å²) in [5, 5.41) is 6.74. The standard InChI is InChI=1S/C20H28FN5S.HI/c1-3-19-24-17(15-27-19)9-10-23-20(22-4-2)26-13-11-25(12-14-26)18-7-5-16(21)6-8-18;/h5-8,15H,3-4,9-14H2,1-2H3,(H,22,23);1H. The quantitative estimate of drug-likeness (QED) is 0.360. The van der Waals surface area contributed by atoms with Gasteiger partial charge in [0.15, 0.2) is 5.96 Å². The Morgan fingerprint density at radius 3 is 2.50 bits per heavy atom. The summed E-state index contributed by atoms with van der Waals surface area (Å²) in [6.45, 7) is 9.44. The van der Waals surface area contributed by atoms with Crippen LogP contribution >= 0.6 is 35.3 Å². The summed E-state index contributed by atoms with van der Waals surface area (Å²) < 4.78 is 13.1. The second kappa shape index (κ2) is 11.5. The Hall–Kier alpha value is -1.42. The highest BCUT2D eigenvalue weighted by atomic mass is 127. The predicted molar refractivity (Wildman–Crippen MR) is 127 cm³/mol. The van der Waals surface area contributed by atoms with E-state index >= 15 is 0 Å². The van der Waals surface area contributed by atoms with E-state index in [2.05, 4.69) is 39.3 Å². The van der Waals surface area contributed by atoms with E-state index in [-0.39, 0.29) is 29.8 Å². The molecule has 0 aliphatic carbocycles. The fourth-order valence-corrected chi connectivity index (χ4v) is 3.94. The minimum absolute atomic E-state index is 0. The largest absolute Gasteiger partial charge is 0.368 e. The van der Waals surface area contributed by atoms with Crippen molar-refractivity contribution in [3.05, 3.63) is 46.2 Å². The Balaban J connectivity index is 0.00000280. The fraction of sp³-hybridized carbons (Fsp3) is 0.500. The number of piperazine rings is 1. The lowest BCUT2D eigenvalue weighted by molar-refractivity contribution is 0.372. The first kappa shape index (κ1) is 22.9. The third-order valence-corrected chi connectivity index (χ3v) is 5.68. The van der Waals surface area contributed by atoms with E-state index in [1.165, 1.54) is 17.1 Å². The van der Waals surface area contributed by atoms with Gasteiger partial charge < -0.3 is 15.1 Å². The normalized spacial score (nSPS) is 14.8. The number of guanidine groups is 1. The number of anilines is 1. The lowest BCUT2D eigenvalue weighted by Crippen LogP contribution is -2.52. The van der Waals surface area contributed by atoms with Crippen molar-refractivity contribution in [2.24, 2.45) is 4.99 Å². The number of hydrogen-bond donors (Lipinski definition) is 1. The summed E-state index contributed by atoms with van der Waals surface area (Å²) in [5.41, 5.74) is 2.21. The number of rotatable bonds is 6. The van der Waals surface area contributed by atoms with Crippen molar-refractivity contribution in [1.29, 1.82) is 0 Å². The lowest BCUT2D eigenvalue weighted by atomic mass is 10.2. The van der Waals surface area contributed by atoms with Gasteiger partial charge in [0.05, 0.1) is 10.7 Å². The number of thiazole rings is 1. The number of nitrogens with one attached hydrogen (secondary N) is 1. The van der Waals surface area contributed by atoms with Crippen LogP contribution in [0.2, 0.25) is 0 Å². The maximum atomic E-state index is 13.1. The third-order valence-electron chi connectivity index (χ3n) is 4.64. The zero-order valence-electron chi connectivity index (χ0n) is 16.5. The Morgan fingerprint density at radius 1 is 1.18 bits per heavy atom. The average molecular weight is 517 g/mol. The molecule has 1 aliphatic heterocycles. The lowest BCUT2D eigenvalue weighted by Gasteiger charge is -2.37. The van der Waals surface area contributed by atoms with E-state index in [9.17, 15) is 4.39 Å². The van der Waals surface area contributed by atoms with Gasteiger partial charge in [0.25, 0.3) is 0 Å². The second-order valence-corrected chi connectivity index (χ2v) is 7.46. The molecule has 0 spiro atoms. The highest BCUT2D eigenvalue weighted by Gasteiger charge is 2.19. The van der Waals surface area contributed by atoms with Crippen molar-refractivity contribution in [3.8, 4) is 0 Å². The minimum atomic E-state index is -0.190. The van der Waals surface area contributed by atoms with Crippen LogP contribution in [-0.4, -0.2) is 55.1 Å². The average Bonchev–Trinajstić information content (AvgIpc) is 3.16. The van der Waals surface area contributed by atoms with Crippen molar-refractivity contribution in [3.63, 3.8) is 0 Å². The molecule has 1 fully saturated rings. The SMILES string of the molecule is CCNC(=NCCc1csc(CC)n1)N1CCN(c2ccc(F)cc2)CC1.I. The number of aromatic nitrogens is 1. The molecule has 28 heavy (non-hydrogen) atoms. The molecule has 0 saturated carbocycles. The minimum Gasteiger partial charge on any atom is -0.368 e. The van der Waals surface area contributed by atoms with Crippen LogP contribution in [0.1, 0.15) is 24.5 Å². The number of benzene rings is 1. The van der Waals surface area contributed by atoms with Crippen molar-refractivity contribution in [2.75, 3.05) is 44.2 Å². The zero-order valence-corrected chi connectivity index (χ0v) is 19.7. The summed E-state index contributed by atoms with van der Waals surface area (Å²) in [6, 6.07) is 6.75. The molecular weight excluding hydrogens is 488 g/mol. The second-order valence-electron chi connectivity index (χ2n) is 6.52. The van der Waals surface area contributed by atoms with Gasteiger partial charge >= 0.3 is 0 Å². The maximum absolute atomic E-state index is 13.1. The van der Waals surface area contributed by atoms with Crippen LogP contribution in [0.25, 0.3) is 0 Å². The molecule has 1 aromatic carbocycles. The van der Waals surface area contributed by atoms with Gasteiger partial charge in [0, 0.05) is 56.8 Å². The van der Waals surface area contributed by atoms with Crippen LogP contribution in [0.5, 0.6) is 0 Å². The van der Waals surface area contributed by atoms with Gasteiger partial charge in [0.1, 0.15) is 5.82 Å². The van der Waals surface area contributed by atoms with Gasteiger partial charge in [-0.15, -0.1) is 35.3 Å². The van der Waals surface area contributed by atoms with Crippen molar-refractivity contribution < 1.29 is 4.39 Å². The Bertz CT molecular complexity index is 741. The highest BCUT2D eigenvalue weighted by molar-refractivity contribution is 14.0. The molecule has 2 aromatic rings. The molecule has 8 heteroatoms. The van der Waals surface area contributed by atoms with Crippen LogP contribution < -0.4 is 10.2 Å². The Labute approximate surface area is 188 Å². The van der Waals surface area contributed by atoms with E-state index in [0.29, 0.717) is 0 Å².